The minimum atomic E-state index is -0.0316. The fourth-order valence-corrected chi connectivity index (χ4v) is 2.44. The molecule has 112 valence electrons. The smallest absolute Gasteiger partial charge is 0.244 e. The van der Waals surface area contributed by atoms with Gasteiger partial charge in [-0.05, 0) is 30.5 Å². The average molecular weight is 288 g/mol. The summed E-state index contributed by atoms with van der Waals surface area (Å²) in [6.07, 6.45) is 2.89. The molecule has 0 radical (unpaired) electrons. The lowest BCUT2D eigenvalue weighted by molar-refractivity contribution is -0.131. The monoisotopic (exact) mass is 288 g/mol. The van der Waals surface area contributed by atoms with Crippen LogP contribution in [-0.4, -0.2) is 27.6 Å². The number of rotatable bonds is 5. The first kappa shape index (κ1) is 13.7. The largest absolute Gasteiger partial charge is 0.464 e. The zero-order valence-electron chi connectivity index (χ0n) is 12.3. The summed E-state index contributed by atoms with van der Waals surface area (Å²) in [5.41, 5.74) is 5.53. The summed E-state index contributed by atoms with van der Waals surface area (Å²) >= 11 is 0. The molecule has 0 aliphatic heterocycles. The zero-order valence-corrected chi connectivity index (χ0v) is 12.3. The molecule has 1 amide bonds. The maximum absolute atomic E-state index is 12.1. The molecule has 1 aliphatic rings. The highest BCUT2D eigenvalue weighted by Gasteiger charge is 2.36. The number of amides is 1. The van der Waals surface area contributed by atoms with Crippen molar-refractivity contribution < 1.29 is 9.21 Å². The molecule has 2 aromatic rings. The molecule has 3 rings (SSSR count). The van der Waals surface area contributed by atoms with Crippen molar-refractivity contribution in [3.05, 3.63) is 35.9 Å². The van der Waals surface area contributed by atoms with Crippen LogP contribution < -0.4 is 5.73 Å². The number of nitrogens with two attached hydrogens (primary N) is 1. The van der Waals surface area contributed by atoms with Crippen molar-refractivity contribution >= 4 is 11.7 Å². The van der Waals surface area contributed by atoms with Crippen LogP contribution in [0, 0.1) is 5.92 Å². The molecule has 0 aromatic carbocycles. The number of hydrogen-bond acceptors (Lipinski definition) is 4. The van der Waals surface area contributed by atoms with Gasteiger partial charge in [-0.25, -0.2) is 0 Å². The molecule has 2 heterocycles. The number of anilines is 1. The maximum Gasteiger partial charge on any atom is 0.244 e. The van der Waals surface area contributed by atoms with Gasteiger partial charge in [0.05, 0.1) is 6.54 Å². The van der Waals surface area contributed by atoms with E-state index < -0.39 is 0 Å². The molecular weight excluding hydrogens is 268 g/mol. The van der Waals surface area contributed by atoms with E-state index in [2.05, 4.69) is 12.0 Å². The van der Waals surface area contributed by atoms with Gasteiger partial charge in [0.1, 0.15) is 23.9 Å². The third-order valence-corrected chi connectivity index (χ3v) is 3.93. The van der Waals surface area contributed by atoms with Crippen LogP contribution in [0.5, 0.6) is 0 Å². The highest BCUT2D eigenvalue weighted by Crippen LogP contribution is 2.47. The van der Waals surface area contributed by atoms with Crippen molar-refractivity contribution in [2.75, 3.05) is 12.8 Å². The zero-order chi connectivity index (χ0) is 15.0. The normalized spacial score (nSPS) is 20.5. The second kappa shape index (κ2) is 5.27. The third-order valence-electron chi connectivity index (χ3n) is 3.93. The number of carbonyl (C=O) groups is 1. The van der Waals surface area contributed by atoms with E-state index in [-0.39, 0.29) is 12.5 Å². The van der Waals surface area contributed by atoms with Crippen LogP contribution in [0.3, 0.4) is 0 Å². The topological polar surface area (TPSA) is 77.3 Å². The molecule has 1 fully saturated rings. The summed E-state index contributed by atoms with van der Waals surface area (Å²) in [6, 6.07) is 5.65. The fourth-order valence-electron chi connectivity index (χ4n) is 2.44. The van der Waals surface area contributed by atoms with Gasteiger partial charge in [0.2, 0.25) is 5.91 Å². The van der Waals surface area contributed by atoms with E-state index in [9.17, 15) is 4.79 Å². The highest BCUT2D eigenvalue weighted by atomic mass is 16.3. The number of likely N-dealkylation sites (N-methyl/N-ethyl adjacent to an activating group) is 1. The number of nitrogen functional groups attached to an aromatic ring is 1. The minimum Gasteiger partial charge on any atom is -0.464 e. The second-order valence-electron chi connectivity index (χ2n) is 5.81. The van der Waals surface area contributed by atoms with E-state index in [4.69, 9.17) is 10.2 Å². The van der Waals surface area contributed by atoms with Crippen molar-refractivity contribution in [3.63, 3.8) is 0 Å². The Morgan fingerprint density at radius 3 is 2.90 bits per heavy atom. The lowest BCUT2D eigenvalue weighted by Gasteiger charge is -2.15. The predicted molar refractivity (Wildman–Crippen MR) is 78.3 cm³/mol. The van der Waals surface area contributed by atoms with Crippen molar-refractivity contribution in [2.24, 2.45) is 5.92 Å². The molecule has 2 atom stereocenters. The second-order valence-corrected chi connectivity index (χ2v) is 5.81. The molecule has 0 spiro atoms. The Bertz CT molecular complexity index is 646. The summed E-state index contributed by atoms with van der Waals surface area (Å²) in [5.74, 6) is 3.52. The summed E-state index contributed by atoms with van der Waals surface area (Å²) in [7, 11) is 1.76. The molecule has 2 N–H and O–H groups in total. The van der Waals surface area contributed by atoms with E-state index in [0.29, 0.717) is 24.2 Å². The molecule has 0 bridgehead atoms. The Morgan fingerprint density at radius 2 is 2.29 bits per heavy atom. The van der Waals surface area contributed by atoms with Crippen LogP contribution >= 0.6 is 0 Å². The van der Waals surface area contributed by atoms with Gasteiger partial charge in [0.15, 0.2) is 0 Å². The Labute approximate surface area is 123 Å². The summed E-state index contributed by atoms with van der Waals surface area (Å²) in [4.78, 5) is 13.7. The Kier molecular flexibility index (Phi) is 3.45. The van der Waals surface area contributed by atoms with Crippen LogP contribution in [-0.2, 0) is 17.9 Å². The van der Waals surface area contributed by atoms with Crippen molar-refractivity contribution in [1.29, 1.82) is 0 Å². The summed E-state index contributed by atoms with van der Waals surface area (Å²) < 4.78 is 7.35. The van der Waals surface area contributed by atoms with Crippen LogP contribution in [0.4, 0.5) is 5.82 Å². The lowest BCUT2D eigenvalue weighted by Crippen LogP contribution is -2.29. The molecule has 2 unspecified atom stereocenters. The predicted octanol–water partition coefficient (Wildman–Crippen LogP) is 1.84. The summed E-state index contributed by atoms with van der Waals surface area (Å²) in [5, 5.41) is 4.01. The Morgan fingerprint density at radius 1 is 1.52 bits per heavy atom. The maximum atomic E-state index is 12.1. The molecule has 2 aromatic heterocycles. The van der Waals surface area contributed by atoms with Gasteiger partial charge >= 0.3 is 0 Å². The van der Waals surface area contributed by atoms with E-state index in [1.54, 1.807) is 24.2 Å². The first-order chi connectivity index (χ1) is 10.0. The molecule has 1 aliphatic carbocycles. The first-order valence-electron chi connectivity index (χ1n) is 7.14. The molecule has 6 nitrogen and oxygen atoms in total. The molecule has 0 saturated heterocycles. The number of hydrogen-bond donors (Lipinski definition) is 1. The number of furan rings is 1. The van der Waals surface area contributed by atoms with E-state index in [1.807, 2.05) is 12.1 Å². The Hall–Kier alpha value is -2.24. The highest BCUT2D eigenvalue weighted by molar-refractivity contribution is 5.75. The minimum absolute atomic E-state index is 0.0316. The van der Waals surface area contributed by atoms with E-state index in [0.717, 1.165) is 11.5 Å². The van der Waals surface area contributed by atoms with Gasteiger partial charge in [-0.1, -0.05) is 6.92 Å². The van der Waals surface area contributed by atoms with Crippen LogP contribution in [0.25, 0.3) is 0 Å². The van der Waals surface area contributed by atoms with Crippen LogP contribution in [0.1, 0.15) is 30.8 Å². The average Bonchev–Trinajstić information content (AvgIpc) is 2.84. The van der Waals surface area contributed by atoms with Gasteiger partial charge in [-0.2, -0.15) is 5.10 Å². The van der Waals surface area contributed by atoms with Gasteiger partial charge in [-0.15, -0.1) is 0 Å². The van der Waals surface area contributed by atoms with Crippen molar-refractivity contribution in [2.45, 2.75) is 32.4 Å². The third kappa shape index (κ3) is 3.09. The first-order valence-corrected chi connectivity index (χ1v) is 7.14. The van der Waals surface area contributed by atoms with Gasteiger partial charge in [0, 0.05) is 19.2 Å². The fraction of sp³-hybridized carbons (Fsp3) is 0.467. The Balaban J connectivity index is 1.56. The lowest BCUT2D eigenvalue weighted by atomic mass is 10.3. The summed E-state index contributed by atoms with van der Waals surface area (Å²) in [6.45, 7) is 2.87. The van der Waals surface area contributed by atoms with Gasteiger partial charge < -0.3 is 15.1 Å². The molecule has 21 heavy (non-hydrogen) atoms. The van der Waals surface area contributed by atoms with Gasteiger partial charge in [-0.3, -0.25) is 9.48 Å². The van der Waals surface area contributed by atoms with E-state index >= 15 is 0 Å². The van der Waals surface area contributed by atoms with Gasteiger partial charge in [0.25, 0.3) is 0 Å². The number of aromatic nitrogens is 2. The molecule has 1 saturated carbocycles. The number of carbonyl (C=O) groups excluding carboxylic acids is 1. The standard InChI is InChI=1S/C15H20N4O2/c1-10-7-12(10)13-4-3-11(21-13)8-18(2)15(20)9-19-6-5-14(16)17-19/h3-6,10,12H,7-9H2,1-2H3,(H2,16,17). The van der Waals surface area contributed by atoms with Crippen molar-refractivity contribution in [3.8, 4) is 0 Å². The number of nitrogens with zero attached hydrogens (tertiary/aromatic N) is 3. The SMILES string of the molecule is CC1CC1c1ccc(CN(C)C(=O)Cn2ccc(N)n2)o1. The molecule has 6 heteroatoms. The van der Waals surface area contributed by atoms with E-state index in [1.165, 1.54) is 11.1 Å². The van der Waals surface area contributed by atoms with Crippen molar-refractivity contribution in [1.82, 2.24) is 14.7 Å². The quantitative estimate of drug-likeness (QED) is 0.910. The van der Waals surface area contributed by atoms with Crippen LogP contribution in [0.2, 0.25) is 0 Å². The van der Waals surface area contributed by atoms with Crippen LogP contribution in [0.15, 0.2) is 28.8 Å². The molecular formula is C15H20N4O2.